The van der Waals surface area contributed by atoms with Gasteiger partial charge in [0.05, 0.1) is 16.5 Å². The maximum Gasteiger partial charge on any atom is 0.269 e. The number of nitrogens with one attached hydrogen (secondary N) is 1. The smallest absolute Gasteiger partial charge is 0.269 e. The zero-order valence-electron chi connectivity index (χ0n) is 16.3. The minimum Gasteiger partial charge on any atom is -0.354 e. The van der Waals surface area contributed by atoms with Crippen molar-refractivity contribution in [2.24, 2.45) is 5.92 Å². The van der Waals surface area contributed by atoms with Crippen molar-refractivity contribution < 1.29 is 9.72 Å². The highest BCUT2D eigenvalue weighted by Gasteiger charge is 2.27. The molecule has 0 bridgehead atoms. The van der Waals surface area contributed by atoms with Gasteiger partial charge in [-0.15, -0.1) is 10.2 Å². The number of carbonyl (C=O) groups is 1. The molecule has 1 aliphatic heterocycles. The first kappa shape index (κ1) is 19.5. The van der Waals surface area contributed by atoms with Crippen molar-refractivity contribution in [3.63, 3.8) is 0 Å². The fraction of sp³-hybridized carbons (Fsp3) is 0.227. The molecule has 0 spiro atoms. The molecule has 8 nitrogen and oxygen atoms in total. The molecule has 3 aromatic rings. The number of carbonyl (C=O) groups excluding carboxylic acids is 1. The number of benzene rings is 2. The number of rotatable bonds is 5. The molecule has 0 radical (unpaired) electrons. The van der Waals surface area contributed by atoms with E-state index in [1.165, 1.54) is 12.1 Å². The second kappa shape index (κ2) is 8.69. The van der Waals surface area contributed by atoms with E-state index in [2.05, 4.69) is 20.4 Å². The van der Waals surface area contributed by atoms with E-state index < -0.39 is 4.92 Å². The van der Waals surface area contributed by atoms with Crippen LogP contribution in [0.15, 0.2) is 66.7 Å². The van der Waals surface area contributed by atoms with Crippen LogP contribution in [0, 0.1) is 16.0 Å². The molecule has 30 heavy (non-hydrogen) atoms. The summed E-state index contributed by atoms with van der Waals surface area (Å²) in [6, 6.07) is 19.6. The van der Waals surface area contributed by atoms with Crippen molar-refractivity contribution in [2.45, 2.75) is 12.8 Å². The van der Waals surface area contributed by atoms with E-state index in [1.807, 2.05) is 42.5 Å². The lowest BCUT2D eigenvalue weighted by molar-refractivity contribution is -0.384. The Labute approximate surface area is 173 Å². The predicted octanol–water partition coefficient (Wildman–Crippen LogP) is 3.91. The Morgan fingerprint density at radius 3 is 2.47 bits per heavy atom. The van der Waals surface area contributed by atoms with Gasteiger partial charge in [-0.25, -0.2) is 0 Å². The molecule has 2 aromatic carbocycles. The third-order valence-electron chi connectivity index (χ3n) is 5.18. The van der Waals surface area contributed by atoms with Crippen molar-refractivity contribution in [1.82, 2.24) is 10.2 Å². The molecule has 4 rings (SSSR count). The fourth-order valence-electron chi connectivity index (χ4n) is 3.57. The quantitative estimate of drug-likeness (QED) is 0.512. The molecular weight excluding hydrogens is 382 g/mol. The molecular formula is C22H21N5O3. The zero-order valence-corrected chi connectivity index (χ0v) is 16.3. The van der Waals surface area contributed by atoms with E-state index in [1.54, 1.807) is 12.1 Å². The molecule has 1 aliphatic rings. The first-order valence-corrected chi connectivity index (χ1v) is 9.79. The summed E-state index contributed by atoms with van der Waals surface area (Å²) < 4.78 is 0. The lowest BCUT2D eigenvalue weighted by atomic mass is 9.97. The van der Waals surface area contributed by atoms with Crippen LogP contribution in [0.25, 0.3) is 11.3 Å². The van der Waals surface area contributed by atoms with Crippen LogP contribution in [0.1, 0.15) is 12.8 Å². The van der Waals surface area contributed by atoms with Gasteiger partial charge >= 0.3 is 0 Å². The molecule has 8 heteroatoms. The van der Waals surface area contributed by atoms with Crippen LogP contribution >= 0.6 is 0 Å². The van der Waals surface area contributed by atoms with Crippen LogP contribution in [0.3, 0.4) is 0 Å². The highest BCUT2D eigenvalue weighted by molar-refractivity contribution is 5.93. The molecule has 152 valence electrons. The third-order valence-corrected chi connectivity index (χ3v) is 5.18. The Bertz CT molecular complexity index is 1020. The average Bonchev–Trinajstić information content (AvgIpc) is 2.80. The van der Waals surface area contributed by atoms with Gasteiger partial charge in [0.2, 0.25) is 5.91 Å². The van der Waals surface area contributed by atoms with Gasteiger partial charge in [0, 0.05) is 36.5 Å². The normalized spacial score (nSPS) is 16.1. The van der Waals surface area contributed by atoms with Gasteiger partial charge in [0.25, 0.3) is 5.69 Å². The van der Waals surface area contributed by atoms with E-state index >= 15 is 0 Å². The van der Waals surface area contributed by atoms with E-state index in [0.29, 0.717) is 12.2 Å². The predicted molar refractivity (Wildman–Crippen MR) is 114 cm³/mol. The number of nitrogens with zero attached hydrogens (tertiary/aromatic N) is 4. The van der Waals surface area contributed by atoms with Crippen molar-refractivity contribution in [3.05, 3.63) is 76.8 Å². The van der Waals surface area contributed by atoms with Crippen LogP contribution in [-0.2, 0) is 4.79 Å². The van der Waals surface area contributed by atoms with E-state index in [4.69, 9.17) is 0 Å². The maximum atomic E-state index is 12.7. The first-order chi connectivity index (χ1) is 14.6. The van der Waals surface area contributed by atoms with Crippen LogP contribution in [0.4, 0.5) is 17.2 Å². The van der Waals surface area contributed by atoms with Crippen LogP contribution in [-0.4, -0.2) is 34.1 Å². The largest absolute Gasteiger partial charge is 0.354 e. The Balaban J connectivity index is 1.40. The first-order valence-electron chi connectivity index (χ1n) is 9.79. The minimum atomic E-state index is -0.464. The van der Waals surface area contributed by atoms with Gasteiger partial charge in [-0.2, -0.15) is 0 Å². The zero-order chi connectivity index (χ0) is 20.9. The fourth-order valence-corrected chi connectivity index (χ4v) is 3.57. The van der Waals surface area contributed by atoms with Gasteiger partial charge in [-0.1, -0.05) is 30.3 Å². The lowest BCUT2D eigenvalue weighted by Crippen LogP contribution is -2.41. The van der Waals surface area contributed by atoms with Gasteiger partial charge in [-0.3, -0.25) is 14.9 Å². The Morgan fingerprint density at radius 1 is 1.03 bits per heavy atom. The SMILES string of the molecule is O=C(Nc1ccc([N+](=O)[O-])cc1)C1CCCN(c2ccc(-c3ccccc3)nn2)C1. The molecule has 1 aromatic heterocycles. The maximum absolute atomic E-state index is 12.7. The Morgan fingerprint density at radius 2 is 1.80 bits per heavy atom. The number of hydrogen-bond donors (Lipinski definition) is 1. The summed E-state index contributed by atoms with van der Waals surface area (Å²) in [5.41, 5.74) is 2.36. The summed E-state index contributed by atoms with van der Waals surface area (Å²) in [7, 11) is 0. The Kier molecular flexibility index (Phi) is 5.65. The third kappa shape index (κ3) is 4.43. The van der Waals surface area contributed by atoms with Crippen LogP contribution in [0.2, 0.25) is 0 Å². The van der Waals surface area contributed by atoms with Crippen molar-refractivity contribution >= 4 is 23.1 Å². The summed E-state index contributed by atoms with van der Waals surface area (Å²) in [5.74, 6) is 0.467. The second-order valence-corrected chi connectivity index (χ2v) is 7.22. The Hall–Kier alpha value is -3.81. The number of nitro benzene ring substituents is 1. The number of piperidine rings is 1. The summed E-state index contributed by atoms with van der Waals surface area (Å²) in [6.07, 6.45) is 1.66. The molecule has 0 saturated carbocycles. The number of nitro groups is 1. The number of non-ortho nitro benzene ring substituents is 1. The topological polar surface area (TPSA) is 101 Å². The van der Waals surface area contributed by atoms with E-state index in [0.717, 1.165) is 36.5 Å². The molecule has 0 aliphatic carbocycles. The van der Waals surface area contributed by atoms with E-state index in [-0.39, 0.29) is 17.5 Å². The second-order valence-electron chi connectivity index (χ2n) is 7.22. The van der Waals surface area contributed by atoms with Gasteiger partial charge < -0.3 is 10.2 Å². The van der Waals surface area contributed by atoms with Gasteiger partial charge in [0.15, 0.2) is 5.82 Å². The number of hydrogen-bond acceptors (Lipinski definition) is 6. The molecule has 1 saturated heterocycles. The molecule has 1 atom stereocenters. The van der Waals surface area contributed by atoms with E-state index in [9.17, 15) is 14.9 Å². The molecule has 1 unspecified atom stereocenters. The summed E-state index contributed by atoms with van der Waals surface area (Å²) in [6.45, 7) is 1.37. The monoisotopic (exact) mass is 403 g/mol. The summed E-state index contributed by atoms with van der Waals surface area (Å²) >= 11 is 0. The van der Waals surface area contributed by atoms with Crippen molar-refractivity contribution in [2.75, 3.05) is 23.3 Å². The molecule has 1 N–H and O–H groups in total. The lowest BCUT2D eigenvalue weighted by Gasteiger charge is -2.32. The number of aromatic nitrogens is 2. The summed E-state index contributed by atoms with van der Waals surface area (Å²) in [4.78, 5) is 25.1. The van der Waals surface area contributed by atoms with Crippen LogP contribution < -0.4 is 10.2 Å². The standard InChI is InChI=1S/C22H21N5O3/c28-22(23-18-8-10-19(11-9-18)27(29)30)17-7-4-14-26(15-17)21-13-12-20(24-25-21)16-5-2-1-3-6-16/h1-3,5-6,8-13,17H,4,7,14-15H2,(H,23,28). The number of anilines is 2. The van der Waals surface area contributed by atoms with Gasteiger partial charge in [-0.05, 0) is 37.1 Å². The molecule has 1 fully saturated rings. The van der Waals surface area contributed by atoms with Crippen molar-refractivity contribution in [1.29, 1.82) is 0 Å². The minimum absolute atomic E-state index is 0.00522. The highest BCUT2D eigenvalue weighted by atomic mass is 16.6. The van der Waals surface area contributed by atoms with Gasteiger partial charge in [0.1, 0.15) is 0 Å². The molecule has 1 amide bonds. The highest BCUT2D eigenvalue weighted by Crippen LogP contribution is 2.24. The number of amides is 1. The molecule has 2 heterocycles. The van der Waals surface area contributed by atoms with Crippen molar-refractivity contribution in [3.8, 4) is 11.3 Å². The van der Waals surface area contributed by atoms with Crippen LogP contribution in [0.5, 0.6) is 0 Å². The summed E-state index contributed by atoms with van der Waals surface area (Å²) in [5, 5.41) is 22.3. The average molecular weight is 403 g/mol.